The van der Waals surface area contributed by atoms with E-state index in [4.69, 9.17) is 9.47 Å². The second-order valence-electron chi connectivity index (χ2n) is 6.66. The normalized spacial score (nSPS) is 34.1. The zero-order valence-corrected chi connectivity index (χ0v) is 15.4. The largest absolute Gasteiger partial charge is 0.459 e. The molecule has 4 atom stereocenters. The van der Waals surface area contributed by atoms with Gasteiger partial charge >= 0.3 is 5.97 Å². The molecule has 2 saturated heterocycles. The van der Waals surface area contributed by atoms with E-state index in [1.54, 1.807) is 0 Å². The summed E-state index contributed by atoms with van der Waals surface area (Å²) in [7, 11) is 0. The van der Waals surface area contributed by atoms with Gasteiger partial charge in [0.2, 0.25) is 0 Å². The van der Waals surface area contributed by atoms with Crippen LogP contribution in [0.2, 0.25) is 0 Å². The van der Waals surface area contributed by atoms with Crippen molar-refractivity contribution >= 4 is 23.0 Å². The van der Waals surface area contributed by atoms with Crippen molar-refractivity contribution in [2.45, 2.75) is 76.9 Å². The average molecular weight is 357 g/mol. The lowest BCUT2D eigenvalue weighted by Gasteiger charge is -2.42. The molecule has 2 aliphatic rings. The molecule has 0 aromatic rings. The molecule has 2 N–H and O–H groups in total. The van der Waals surface area contributed by atoms with Gasteiger partial charge in [-0.25, -0.2) is 4.79 Å². The molecule has 7 heteroatoms. The van der Waals surface area contributed by atoms with Crippen molar-refractivity contribution in [1.29, 1.82) is 0 Å². The van der Waals surface area contributed by atoms with Crippen LogP contribution in [0.25, 0.3) is 0 Å². The van der Waals surface area contributed by atoms with Crippen molar-refractivity contribution in [2.75, 3.05) is 5.75 Å². The number of amides is 1. The fraction of sp³-hybridized carbons (Fsp3) is 0.765. The average Bonchev–Trinajstić information content (AvgIpc) is 2.91. The predicted octanol–water partition coefficient (Wildman–Crippen LogP) is 2.75. The van der Waals surface area contributed by atoms with Gasteiger partial charge in [-0.15, -0.1) is 0 Å². The molecule has 0 aromatic heterocycles. The number of hydrogen-bond donors (Lipinski definition) is 2. The second-order valence-corrected chi connectivity index (χ2v) is 7.65. The van der Waals surface area contributed by atoms with Gasteiger partial charge in [-0.1, -0.05) is 30.7 Å². The smallest absolute Gasteiger partial charge is 0.330 e. The Labute approximate surface area is 147 Å². The summed E-state index contributed by atoms with van der Waals surface area (Å²) in [4.78, 5) is 23.5. The van der Waals surface area contributed by atoms with E-state index in [-0.39, 0.29) is 23.7 Å². The summed E-state index contributed by atoms with van der Waals surface area (Å²) in [6, 6.07) is -0.485. The third kappa shape index (κ3) is 5.22. The number of allylic oxidation sites excluding steroid dienone is 1. The minimum absolute atomic E-state index is 0.163. The van der Waals surface area contributed by atoms with Gasteiger partial charge < -0.3 is 19.9 Å². The number of nitrogens with one attached hydrogen (secondary N) is 1. The number of carbonyl (C=O) groups excluding carboxylic acids is 2. The van der Waals surface area contributed by atoms with E-state index in [9.17, 15) is 14.7 Å². The Morgan fingerprint density at radius 2 is 2.33 bits per heavy atom. The summed E-state index contributed by atoms with van der Waals surface area (Å²) >= 11 is 1.12. The highest BCUT2D eigenvalue weighted by Gasteiger charge is 2.48. The molecule has 0 spiro atoms. The molecular weight excluding hydrogens is 330 g/mol. The van der Waals surface area contributed by atoms with E-state index in [1.807, 2.05) is 13.8 Å². The molecule has 0 bridgehead atoms. The summed E-state index contributed by atoms with van der Waals surface area (Å²) in [5.41, 5.74) is 0.997. The lowest BCUT2D eigenvalue weighted by atomic mass is 9.94. The molecule has 24 heavy (non-hydrogen) atoms. The zero-order valence-electron chi connectivity index (χ0n) is 14.5. The SMILES string of the molecule is CCCCC(C)=CC(=O)O[C@@H]1C[C@@H](C)O[C@@](O)([C@@H]2CSC(=O)N2)C1. The topological polar surface area (TPSA) is 84.9 Å². The molecule has 2 aliphatic heterocycles. The molecule has 0 aromatic carbocycles. The maximum absolute atomic E-state index is 12.1. The van der Waals surface area contributed by atoms with E-state index in [0.29, 0.717) is 12.2 Å². The summed E-state index contributed by atoms with van der Waals surface area (Å²) < 4.78 is 11.2. The molecule has 6 nitrogen and oxygen atoms in total. The van der Waals surface area contributed by atoms with E-state index < -0.39 is 17.9 Å². The molecule has 1 amide bonds. The quantitative estimate of drug-likeness (QED) is 0.562. The first-order valence-electron chi connectivity index (χ1n) is 8.53. The minimum Gasteiger partial charge on any atom is -0.459 e. The standard InChI is InChI=1S/C17H27NO5S/c1-4-5-6-11(2)7-15(19)22-13-8-12(3)23-17(21,9-13)14-10-24-16(20)18-14/h7,12-14,21H,4-6,8-10H2,1-3H3,(H,18,20)/t12-,13-,14+,17-/m1/s1. The first kappa shape index (κ1) is 19.3. The predicted molar refractivity (Wildman–Crippen MR) is 92.7 cm³/mol. The Morgan fingerprint density at radius 1 is 1.58 bits per heavy atom. The lowest BCUT2D eigenvalue weighted by molar-refractivity contribution is -0.278. The number of ether oxygens (including phenoxy) is 2. The van der Waals surface area contributed by atoms with Crippen LogP contribution in [0.15, 0.2) is 11.6 Å². The summed E-state index contributed by atoms with van der Waals surface area (Å²) in [6.45, 7) is 5.86. The van der Waals surface area contributed by atoms with Crippen molar-refractivity contribution < 1.29 is 24.2 Å². The number of hydrogen-bond acceptors (Lipinski definition) is 6. The Bertz CT molecular complexity index is 509. The molecule has 0 unspecified atom stereocenters. The first-order valence-corrected chi connectivity index (χ1v) is 9.52. The Balaban J connectivity index is 1.95. The van der Waals surface area contributed by atoms with Gasteiger partial charge in [0.15, 0.2) is 5.79 Å². The maximum Gasteiger partial charge on any atom is 0.330 e. The molecule has 2 fully saturated rings. The maximum atomic E-state index is 12.1. The van der Waals surface area contributed by atoms with E-state index >= 15 is 0 Å². The number of aliphatic hydroxyl groups is 1. The van der Waals surface area contributed by atoms with Crippen molar-refractivity contribution in [3.05, 3.63) is 11.6 Å². The van der Waals surface area contributed by atoms with Crippen LogP contribution in [0.4, 0.5) is 4.79 Å². The van der Waals surface area contributed by atoms with Crippen LogP contribution in [0, 0.1) is 0 Å². The van der Waals surface area contributed by atoms with E-state index in [2.05, 4.69) is 12.2 Å². The minimum atomic E-state index is -1.50. The third-order valence-corrected chi connectivity index (χ3v) is 5.19. The Hall–Kier alpha value is -1.05. The van der Waals surface area contributed by atoms with Crippen LogP contribution >= 0.6 is 11.8 Å². The number of carbonyl (C=O) groups is 2. The molecule has 2 rings (SSSR count). The van der Waals surface area contributed by atoms with Crippen LogP contribution < -0.4 is 5.32 Å². The second kappa shape index (κ2) is 8.36. The lowest BCUT2D eigenvalue weighted by Crippen LogP contribution is -2.58. The Kier molecular flexibility index (Phi) is 6.71. The van der Waals surface area contributed by atoms with Crippen LogP contribution in [-0.4, -0.2) is 46.1 Å². The van der Waals surface area contributed by atoms with Gasteiger partial charge in [0.05, 0.1) is 12.1 Å². The van der Waals surface area contributed by atoms with E-state index in [1.165, 1.54) is 6.08 Å². The van der Waals surface area contributed by atoms with Gasteiger partial charge in [-0.2, -0.15) is 0 Å². The number of esters is 1. The number of rotatable bonds is 6. The first-order chi connectivity index (χ1) is 11.3. The highest BCUT2D eigenvalue weighted by atomic mass is 32.2. The van der Waals surface area contributed by atoms with Crippen LogP contribution in [0.5, 0.6) is 0 Å². The van der Waals surface area contributed by atoms with E-state index in [0.717, 1.165) is 36.6 Å². The van der Waals surface area contributed by atoms with Gasteiger partial charge in [0, 0.05) is 24.7 Å². The summed E-state index contributed by atoms with van der Waals surface area (Å²) in [5, 5.41) is 13.3. The third-order valence-electron chi connectivity index (χ3n) is 4.31. The van der Waals surface area contributed by atoms with Crippen molar-refractivity contribution in [2.24, 2.45) is 0 Å². The van der Waals surface area contributed by atoms with Crippen molar-refractivity contribution in [1.82, 2.24) is 5.32 Å². The Morgan fingerprint density at radius 3 is 2.96 bits per heavy atom. The van der Waals surface area contributed by atoms with Gasteiger partial charge in [0.25, 0.3) is 5.24 Å². The van der Waals surface area contributed by atoms with Gasteiger partial charge in [-0.05, 0) is 26.7 Å². The van der Waals surface area contributed by atoms with Gasteiger partial charge in [0.1, 0.15) is 6.10 Å². The molecule has 0 aliphatic carbocycles. The molecule has 0 radical (unpaired) electrons. The van der Waals surface area contributed by atoms with Crippen LogP contribution in [-0.2, 0) is 14.3 Å². The highest BCUT2D eigenvalue weighted by Crippen LogP contribution is 2.35. The molecule has 0 saturated carbocycles. The summed E-state index contributed by atoms with van der Waals surface area (Å²) in [5.74, 6) is -1.43. The monoisotopic (exact) mass is 357 g/mol. The fourth-order valence-corrected chi connectivity index (χ4v) is 3.98. The molecule has 136 valence electrons. The van der Waals surface area contributed by atoms with Crippen molar-refractivity contribution in [3.63, 3.8) is 0 Å². The molecular formula is C17H27NO5S. The number of thioether (sulfide) groups is 1. The highest BCUT2D eigenvalue weighted by molar-refractivity contribution is 8.14. The van der Waals surface area contributed by atoms with Crippen LogP contribution in [0.1, 0.15) is 52.9 Å². The zero-order chi connectivity index (χ0) is 17.7. The fourth-order valence-electron chi connectivity index (χ4n) is 3.09. The van der Waals surface area contributed by atoms with Crippen molar-refractivity contribution in [3.8, 4) is 0 Å². The molecule has 2 heterocycles. The summed E-state index contributed by atoms with van der Waals surface area (Å²) in [6.07, 6.45) is 4.55. The van der Waals surface area contributed by atoms with Crippen LogP contribution in [0.3, 0.4) is 0 Å². The number of unbranched alkanes of at least 4 members (excludes halogenated alkanes) is 1. The van der Waals surface area contributed by atoms with Gasteiger partial charge in [-0.3, -0.25) is 4.79 Å².